The van der Waals surface area contributed by atoms with Crippen molar-refractivity contribution in [2.45, 2.75) is 24.9 Å². The molecule has 25 heavy (non-hydrogen) atoms. The fraction of sp³-hybridized carbons (Fsp3) is 0.467. The molecule has 1 aromatic rings. The van der Waals surface area contributed by atoms with Crippen LogP contribution >= 0.6 is 0 Å². The van der Waals surface area contributed by atoms with Gasteiger partial charge in [-0.1, -0.05) is 0 Å². The van der Waals surface area contributed by atoms with Crippen LogP contribution in [0.5, 0.6) is 0 Å². The minimum absolute atomic E-state index is 0.0941. The van der Waals surface area contributed by atoms with Gasteiger partial charge in [-0.2, -0.15) is 18.3 Å². The van der Waals surface area contributed by atoms with Gasteiger partial charge < -0.3 is 10.2 Å². The van der Waals surface area contributed by atoms with E-state index in [2.05, 4.69) is 15.8 Å². The molecule has 0 bridgehead atoms. The number of carbonyl (C=O) groups excluding carboxylic acids is 1. The number of hydrazone groups is 1. The molecule has 0 aromatic heterocycles. The predicted octanol–water partition coefficient (Wildman–Crippen LogP) is 2.32. The average molecular weight is 362 g/mol. The number of anilines is 1. The summed E-state index contributed by atoms with van der Waals surface area (Å²) in [6, 6.07) is 3.58. The molecule has 10 heteroatoms. The predicted molar refractivity (Wildman–Crippen MR) is 80.5 cm³/mol. The lowest BCUT2D eigenvalue weighted by Crippen LogP contribution is -2.42. The van der Waals surface area contributed by atoms with Crippen molar-refractivity contribution < 1.29 is 26.7 Å². The molecule has 5 nitrogen and oxygen atoms in total. The van der Waals surface area contributed by atoms with E-state index in [0.717, 1.165) is 6.07 Å². The number of amides is 1. The number of carbonyl (C=O) groups is 1. The van der Waals surface area contributed by atoms with Crippen LogP contribution in [0.25, 0.3) is 0 Å². The highest BCUT2D eigenvalue weighted by Gasteiger charge is 2.39. The minimum atomic E-state index is -4.65. The van der Waals surface area contributed by atoms with E-state index in [-0.39, 0.29) is 36.7 Å². The van der Waals surface area contributed by atoms with Gasteiger partial charge in [0.1, 0.15) is 0 Å². The lowest BCUT2D eigenvalue weighted by Gasteiger charge is -2.35. The molecule has 0 unspecified atom stereocenters. The Balaban J connectivity index is 1.93. The van der Waals surface area contributed by atoms with Crippen LogP contribution in [0.2, 0.25) is 0 Å². The topological polar surface area (TPSA) is 56.7 Å². The summed E-state index contributed by atoms with van der Waals surface area (Å²) in [5.74, 6) is -3.12. The van der Waals surface area contributed by atoms with E-state index in [0.29, 0.717) is 0 Å². The summed E-state index contributed by atoms with van der Waals surface area (Å²) in [5, 5.41) is 6.32. The molecule has 0 saturated carbocycles. The van der Waals surface area contributed by atoms with Crippen LogP contribution in [0.4, 0.5) is 27.6 Å². The van der Waals surface area contributed by atoms with E-state index in [9.17, 15) is 26.7 Å². The van der Waals surface area contributed by atoms with Crippen molar-refractivity contribution >= 4 is 17.4 Å². The quantitative estimate of drug-likeness (QED) is 0.794. The number of piperidine rings is 1. The normalized spacial score (nSPS) is 20.6. The summed E-state index contributed by atoms with van der Waals surface area (Å²) in [4.78, 5) is 12.4. The van der Waals surface area contributed by atoms with Crippen molar-refractivity contribution in [3.05, 3.63) is 29.3 Å². The molecule has 1 aromatic carbocycles. The third-order valence-corrected chi connectivity index (χ3v) is 4.12. The molecule has 3 rings (SSSR count). The summed E-state index contributed by atoms with van der Waals surface area (Å²) in [5.41, 5.74) is 1.29. The van der Waals surface area contributed by atoms with Gasteiger partial charge in [0.15, 0.2) is 5.84 Å². The summed E-state index contributed by atoms with van der Waals surface area (Å²) >= 11 is 0. The number of hydrogen-bond acceptors (Lipinski definition) is 4. The van der Waals surface area contributed by atoms with Crippen molar-refractivity contribution in [1.29, 1.82) is 0 Å². The van der Waals surface area contributed by atoms with Crippen LogP contribution in [0.15, 0.2) is 23.3 Å². The Labute approximate surface area is 139 Å². The fourth-order valence-electron chi connectivity index (χ4n) is 2.79. The lowest BCUT2D eigenvalue weighted by atomic mass is 10.0. The Kier molecular flexibility index (Phi) is 4.29. The second kappa shape index (κ2) is 6.16. The zero-order valence-corrected chi connectivity index (χ0v) is 13.0. The first kappa shape index (κ1) is 17.4. The number of hydrogen-bond donors (Lipinski definition) is 2. The molecule has 136 valence electrons. The first-order valence-electron chi connectivity index (χ1n) is 7.60. The summed E-state index contributed by atoms with van der Waals surface area (Å²) in [6.07, 6.45) is -5.61. The number of nitrogens with one attached hydrogen (secondary N) is 2. The highest BCUT2D eigenvalue weighted by atomic mass is 19.4. The van der Waals surface area contributed by atoms with Crippen molar-refractivity contribution in [3.8, 4) is 0 Å². The Morgan fingerprint density at radius 3 is 2.40 bits per heavy atom. The van der Waals surface area contributed by atoms with Crippen LogP contribution in [0.3, 0.4) is 0 Å². The van der Waals surface area contributed by atoms with E-state index in [1.165, 1.54) is 17.0 Å². The third kappa shape index (κ3) is 3.83. The number of alkyl halides is 5. The molecule has 2 aliphatic rings. The van der Waals surface area contributed by atoms with Crippen LogP contribution < -0.4 is 15.6 Å². The molecular formula is C15H15F5N4O. The van der Waals surface area contributed by atoms with Gasteiger partial charge >= 0.3 is 6.18 Å². The van der Waals surface area contributed by atoms with Gasteiger partial charge in [0.25, 0.3) is 11.8 Å². The Morgan fingerprint density at radius 1 is 1.16 bits per heavy atom. The van der Waals surface area contributed by atoms with Crippen LogP contribution in [0.1, 0.15) is 24.0 Å². The lowest BCUT2D eigenvalue weighted by molar-refractivity contribution is -0.137. The third-order valence-electron chi connectivity index (χ3n) is 4.12. The van der Waals surface area contributed by atoms with Gasteiger partial charge in [0.2, 0.25) is 0 Å². The minimum Gasteiger partial charge on any atom is -0.371 e. The van der Waals surface area contributed by atoms with E-state index < -0.39 is 36.4 Å². The summed E-state index contributed by atoms with van der Waals surface area (Å²) in [7, 11) is 0. The van der Waals surface area contributed by atoms with Crippen molar-refractivity contribution in [2.24, 2.45) is 5.10 Å². The molecule has 1 saturated heterocycles. The number of nitrogens with zero attached hydrogens (tertiary/aromatic N) is 2. The van der Waals surface area contributed by atoms with E-state index in [1.807, 2.05) is 0 Å². The monoisotopic (exact) mass is 362 g/mol. The van der Waals surface area contributed by atoms with Gasteiger partial charge in [-0.25, -0.2) is 14.2 Å². The van der Waals surface area contributed by atoms with Crippen molar-refractivity contribution in [3.63, 3.8) is 0 Å². The molecule has 0 aliphatic carbocycles. The SMILES string of the molecule is O=C1CNC(c2ccc(N3CCC(F)(F)CC3)c(C(F)(F)F)c2)=NN1. The number of halogens is 5. The maximum Gasteiger partial charge on any atom is 0.418 e. The van der Waals surface area contributed by atoms with Crippen LogP contribution in [-0.2, 0) is 11.0 Å². The largest absolute Gasteiger partial charge is 0.418 e. The van der Waals surface area contributed by atoms with Gasteiger partial charge in [-0.15, -0.1) is 0 Å². The molecule has 0 atom stereocenters. The molecule has 2 N–H and O–H groups in total. The van der Waals surface area contributed by atoms with Gasteiger partial charge in [-0.3, -0.25) is 4.79 Å². The molecule has 1 fully saturated rings. The van der Waals surface area contributed by atoms with E-state index in [1.54, 1.807) is 0 Å². The Bertz CT molecular complexity index is 706. The molecule has 0 radical (unpaired) electrons. The van der Waals surface area contributed by atoms with E-state index in [4.69, 9.17) is 0 Å². The highest BCUT2D eigenvalue weighted by Crippen LogP contribution is 2.39. The van der Waals surface area contributed by atoms with Crippen LogP contribution in [0, 0.1) is 0 Å². The zero-order valence-electron chi connectivity index (χ0n) is 13.0. The Morgan fingerprint density at radius 2 is 1.84 bits per heavy atom. The van der Waals surface area contributed by atoms with Crippen molar-refractivity contribution in [1.82, 2.24) is 10.7 Å². The van der Waals surface area contributed by atoms with Gasteiger partial charge in [0.05, 0.1) is 12.1 Å². The number of rotatable bonds is 2. The first-order chi connectivity index (χ1) is 11.7. The second-order valence-electron chi connectivity index (χ2n) is 5.92. The summed E-state index contributed by atoms with van der Waals surface area (Å²) < 4.78 is 66.9. The summed E-state index contributed by atoms with van der Waals surface area (Å²) in [6.45, 7) is -0.390. The van der Waals surface area contributed by atoms with Gasteiger partial charge in [0, 0.05) is 37.2 Å². The second-order valence-corrected chi connectivity index (χ2v) is 5.92. The Hall–Kier alpha value is -2.39. The van der Waals surface area contributed by atoms with Gasteiger partial charge in [-0.05, 0) is 18.2 Å². The molecule has 2 heterocycles. The fourth-order valence-corrected chi connectivity index (χ4v) is 2.79. The molecule has 2 aliphatic heterocycles. The standard InChI is InChI=1S/C15H15F5N4O/c16-14(17)3-5-24(6-4-14)11-2-1-9(7-10(11)15(18,19)20)13-21-8-12(25)22-23-13/h1-2,7H,3-6,8H2,(H,21,23)(H,22,25). The maximum absolute atomic E-state index is 13.5. The average Bonchev–Trinajstić information content (AvgIpc) is 2.54. The smallest absolute Gasteiger partial charge is 0.371 e. The first-order valence-corrected chi connectivity index (χ1v) is 7.60. The van der Waals surface area contributed by atoms with E-state index >= 15 is 0 Å². The zero-order chi connectivity index (χ0) is 18.2. The molecule has 0 spiro atoms. The highest BCUT2D eigenvalue weighted by molar-refractivity contribution is 6.03. The number of benzene rings is 1. The van der Waals surface area contributed by atoms with Crippen LogP contribution in [-0.4, -0.2) is 37.3 Å². The molecular weight excluding hydrogens is 347 g/mol. The van der Waals surface area contributed by atoms with Crippen molar-refractivity contribution in [2.75, 3.05) is 24.5 Å². The molecule has 1 amide bonds. The number of amidine groups is 1. The maximum atomic E-state index is 13.5.